The fourth-order valence-electron chi connectivity index (χ4n) is 0.598. The van der Waals surface area contributed by atoms with Gasteiger partial charge in [0, 0.05) is 15.7 Å². The Bertz CT molecular complexity index is 322. The Hall–Kier alpha value is 1.12. The maximum absolute atomic E-state index is 10.3. The van der Waals surface area contributed by atoms with Crippen molar-refractivity contribution in [3.8, 4) is 0 Å². The van der Waals surface area contributed by atoms with E-state index in [9.17, 15) is 8.42 Å². The fourth-order valence-corrected chi connectivity index (χ4v) is 2.17. The van der Waals surface area contributed by atoms with Crippen molar-refractivity contribution in [2.45, 2.75) is 4.90 Å². The molecule has 0 heterocycles. The number of hydrogen-bond acceptors (Lipinski definition) is 3. The molecule has 0 bridgehead atoms. The van der Waals surface area contributed by atoms with Gasteiger partial charge in [-0.3, -0.25) is 4.55 Å². The molecule has 0 saturated heterocycles. The molecule has 0 aliphatic carbocycles. The maximum atomic E-state index is 10.3. The van der Waals surface area contributed by atoms with Crippen LogP contribution in [0, 0.1) is 0 Å². The molecule has 0 spiro atoms. The van der Waals surface area contributed by atoms with Crippen molar-refractivity contribution in [2.24, 2.45) is 0 Å². The molecule has 0 amide bonds. The van der Waals surface area contributed by atoms with E-state index in [2.05, 4.69) is 0 Å². The van der Waals surface area contributed by atoms with E-state index in [1.165, 1.54) is 0 Å². The van der Waals surface area contributed by atoms with Crippen LogP contribution in [0.25, 0.3) is 0 Å². The molecule has 62 valence electrons. The summed E-state index contributed by atoms with van der Waals surface area (Å²) in [6.45, 7) is 0. The van der Waals surface area contributed by atoms with Crippen LogP contribution in [-0.4, -0.2) is 64.4 Å². The average molecular weight is 230 g/mol. The summed E-state index contributed by atoms with van der Waals surface area (Å²) >= 11 is 0. The SMILES string of the molecule is O=S(=O)(O)Sc1ccccc1.[KH]. The molecule has 12 heavy (non-hydrogen) atoms. The van der Waals surface area contributed by atoms with Gasteiger partial charge in [-0.1, -0.05) is 18.2 Å². The van der Waals surface area contributed by atoms with E-state index in [0.717, 1.165) is 0 Å². The normalized spacial score (nSPS) is 10.4. The average Bonchev–Trinajstić information content (AvgIpc) is 1.85. The summed E-state index contributed by atoms with van der Waals surface area (Å²) in [5, 5.41) is 0. The van der Waals surface area contributed by atoms with Crippen LogP contribution in [0.1, 0.15) is 0 Å². The zero-order valence-corrected chi connectivity index (χ0v) is 7.10. The molecular formula is C6H7KO3S2. The van der Waals surface area contributed by atoms with E-state index < -0.39 is 9.15 Å². The van der Waals surface area contributed by atoms with Crippen molar-refractivity contribution < 1.29 is 13.0 Å². The molecule has 0 atom stereocenters. The van der Waals surface area contributed by atoms with Gasteiger partial charge in [0.15, 0.2) is 0 Å². The minimum atomic E-state index is -3.96. The first-order chi connectivity index (χ1) is 5.08. The fraction of sp³-hybridized carbons (Fsp3) is 0. The third kappa shape index (κ3) is 5.71. The van der Waals surface area contributed by atoms with Gasteiger partial charge in [-0.25, -0.2) is 0 Å². The van der Waals surface area contributed by atoms with Crippen molar-refractivity contribution >= 4 is 71.3 Å². The minimum absolute atomic E-state index is 0. The molecule has 0 aliphatic rings. The topological polar surface area (TPSA) is 54.4 Å². The van der Waals surface area contributed by atoms with Crippen LogP contribution in [0.3, 0.4) is 0 Å². The summed E-state index contributed by atoms with van der Waals surface area (Å²) in [6.07, 6.45) is 0. The quantitative estimate of drug-likeness (QED) is 0.466. The van der Waals surface area contributed by atoms with E-state index in [-0.39, 0.29) is 51.4 Å². The second-order valence-corrected chi connectivity index (χ2v) is 5.08. The van der Waals surface area contributed by atoms with Gasteiger partial charge in [0.25, 0.3) is 0 Å². The molecule has 1 rings (SSSR count). The van der Waals surface area contributed by atoms with Gasteiger partial charge < -0.3 is 0 Å². The van der Waals surface area contributed by atoms with Gasteiger partial charge in [0.1, 0.15) is 0 Å². The van der Waals surface area contributed by atoms with E-state index in [4.69, 9.17) is 4.55 Å². The Kier molecular flexibility index (Phi) is 6.30. The van der Waals surface area contributed by atoms with Gasteiger partial charge >= 0.3 is 60.5 Å². The summed E-state index contributed by atoms with van der Waals surface area (Å²) in [4.78, 5) is 0.509. The molecule has 1 aromatic rings. The van der Waals surface area contributed by atoms with Gasteiger partial charge in [0.05, 0.1) is 0 Å². The van der Waals surface area contributed by atoms with Crippen molar-refractivity contribution in [1.29, 1.82) is 0 Å². The van der Waals surface area contributed by atoms with Gasteiger partial charge in [-0.05, 0) is 12.1 Å². The third-order valence-electron chi connectivity index (χ3n) is 0.945. The summed E-state index contributed by atoms with van der Waals surface area (Å²) in [5.74, 6) is 0. The van der Waals surface area contributed by atoms with Crippen LogP contribution < -0.4 is 0 Å². The molecule has 0 radical (unpaired) electrons. The van der Waals surface area contributed by atoms with Gasteiger partial charge in [0.2, 0.25) is 0 Å². The molecule has 3 nitrogen and oxygen atoms in total. The predicted molar refractivity (Wildman–Crippen MR) is 51.0 cm³/mol. The Balaban J connectivity index is 0.00000121. The molecule has 0 aliphatic heterocycles. The van der Waals surface area contributed by atoms with Crippen LogP contribution in [0.15, 0.2) is 35.2 Å². The Labute approximate surface area is 118 Å². The van der Waals surface area contributed by atoms with Gasteiger partial charge in [-0.15, -0.1) is 0 Å². The molecule has 0 aromatic heterocycles. The summed E-state index contributed by atoms with van der Waals surface area (Å²) < 4.78 is 29.0. The van der Waals surface area contributed by atoms with Crippen LogP contribution in [0.5, 0.6) is 0 Å². The molecule has 6 heteroatoms. The Morgan fingerprint density at radius 1 is 1.17 bits per heavy atom. The first kappa shape index (κ1) is 13.1. The molecular weight excluding hydrogens is 223 g/mol. The molecule has 0 unspecified atom stereocenters. The summed E-state index contributed by atoms with van der Waals surface area (Å²) in [7, 11) is -3.53. The molecule has 0 saturated carbocycles. The second kappa shape index (κ2) is 5.76. The number of hydrogen-bond donors (Lipinski definition) is 1. The Morgan fingerprint density at radius 2 is 1.67 bits per heavy atom. The van der Waals surface area contributed by atoms with Crippen molar-refractivity contribution in [3.05, 3.63) is 30.3 Å². The zero-order chi connectivity index (χ0) is 8.32. The summed E-state index contributed by atoms with van der Waals surface area (Å²) in [5.41, 5.74) is 0. The summed E-state index contributed by atoms with van der Waals surface area (Å²) in [6, 6.07) is 8.39. The monoisotopic (exact) mass is 230 g/mol. The Morgan fingerprint density at radius 3 is 2.08 bits per heavy atom. The van der Waals surface area contributed by atoms with E-state index in [1.54, 1.807) is 30.3 Å². The van der Waals surface area contributed by atoms with E-state index >= 15 is 0 Å². The number of benzene rings is 1. The van der Waals surface area contributed by atoms with Crippen LogP contribution >= 0.6 is 10.8 Å². The second-order valence-electron chi connectivity index (χ2n) is 1.82. The van der Waals surface area contributed by atoms with Gasteiger partial charge in [-0.2, -0.15) is 8.42 Å². The molecule has 1 N–H and O–H groups in total. The van der Waals surface area contributed by atoms with Crippen molar-refractivity contribution in [2.75, 3.05) is 0 Å². The third-order valence-corrected chi connectivity index (χ3v) is 2.83. The first-order valence-corrected chi connectivity index (χ1v) is 5.57. The van der Waals surface area contributed by atoms with E-state index in [0.29, 0.717) is 15.7 Å². The molecule has 0 fully saturated rings. The number of rotatable bonds is 2. The van der Waals surface area contributed by atoms with Crippen molar-refractivity contribution in [3.63, 3.8) is 0 Å². The first-order valence-electron chi connectivity index (χ1n) is 2.80. The van der Waals surface area contributed by atoms with Crippen LogP contribution in [-0.2, 0) is 9.15 Å². The van der Waals surface area contributed by atoms with Crippen molar-refractivity contribution in [1.82, 2.24) is 0 Å². The molecule has 1 aromatic carbocycles. The standard InChI is InChI=1S/C6H6O3S2.K.H/c7-11(8,9)10-6-4-2-1-3-5-6;;/h1-5H,(H,7,8,9);;. The van der Waals surface area contributed by atoms with Crippen LogP contribution in [0.2, 0.25) is 0 Å². The predicted octanol–water partition coefficient (Wildman–Crippen LogP) is 0.933. The zero-order valence-electron chi connectivity index (χ0n) is 5.47. The van der Waals surface area contributed by atoms with E-state index in [1.807, 2.05) is 0 Å². The van der Waals surface area contributed by atoms with Crippen LogP contribution in [0.4, 0.5) is 0 Å².